The van der Waals surface area contributed by atoms with Gasteiger partial charge in [-0.1, -0.05) is 26.0 Å². The summed E-state index contributed by atoms with van der Waals surface area (Å²) in [5, 5.41) is 3.34. The minimum Gasteiger partial charge on any atom is -0.464 e. The SMILES string of the molecule is CCOC(=O)C(C)(CC(C)C)Nc1cccc(C)c1. The molecular weight excluding hydrogens is 238 g/mol. The zero-order chi connectivity index (χ0) is 14.5. The number of carbonyl (C=O) groups excluding carboxylic acids is 1. The largest absolute Gasteiger partial charge is 0.464 e. The zero-order valence-electron chi connectivity index (χ0n) is 12.6. The van der Waals surface area contributed by atoms with E-state index >= 15 is 0 Å². The summed E-state index contributed by atoms with van der Waals surface area (Å²) in [6.45, 7) is 10.4. The maximum absolute atomic E-state index is 12.2. The van der Waals surface area contributed by atoms with Gasteiger partial charge >= 0.3 is 5.97 Å². The maximum atomic E-state index is 12.2. The van der Waals surface area contributed by atoms with Gasteiger partial charge in [-0.25, -0.2) is 4.79 Å². The van der Waals surface area contributed by atoms with Crippen molar-refractivity contribution in [1.29, 1.82) is 0 Å². The lowest BCUT2D eigenvalue weighted by atomic mass is 9.90. The normalized spacial score (nSPS) is 14.0. The lowest BCUT2D eigenvalue weighted by Crippen LogP contribution is -2.45. The fraction of sp³-hybridized carbons (Fsp3) is 0.562. The molecule has 1 aromatic carbocycles. The highest BCUT2D eigenvalue weighted by Gasteiger charge is 2.35. The topological polar surface area (TPSA) is 38.3 Å². The number of carbonyl (C=O) groups is 1. The van der Waals surface area contributed by atoms with Gasteiger partial charge in [-0.05, 0) is 50.8 Å². The molecule has 0 bridgehead atoms. The molecule has 19 heavy (non-hydrogen) atoms. The van der Waals surface area contributed by atoms with Gasteiger partial charge < -0.3 is 10.1 Å². The van der Waals surface area contributed by atoms with E-state index in [4.69, 9.17) is 4.74 Å². The fourth-order valence-electron chi connectivity index (χ4n) is 2.33. The molecule has 1 aromatic rings. The van der Waals surface area contributed by atoms with Gasteiger partial charge in [0.2, 0.25) is 0 Å². The van der Waals surface area contributed by atoms with Crippen molar-refractivity contribution >= 4 is 11.7 Å². The van der Waals surface area contributed by atoms with E-state index in [2.05, 4.69) is 19.2 Å². The molecule has 0 aliphatic carbocycles. The first kappa shape index (κ1) is 15.5. The van der Waals surface area contributed by atoms with Gasteiger partial charge in [0.05, 0.1) is 6.61 Å². The van der Waals surface area contributed by atoms with E-state index in [1.54, 1.807) is 0 Å². The van der Waals surface area contributed by atoms with E-state index in [9.17, 15) is 4.79 Å². The van der Waals surface area contributed by atoms with Crippen LogP contribution in [0.3, 0.4) is 0 Å². The smallest absolute Gasteiger partial charge is 0.331 e. The molecule has 0 aliphatic rings. The van der Waals surface area contributed by atoms with Crippen LogP contribution in [0.2, 0.25) is 0 Å². The van der Waals surface area contributed by atoms with Gasteiger partial charge in [-0.3, -0.25) is 0 Å². The van der Waals surface area contributed by atoms with Crippen molar-refractivity contribution in [3.05, 3.63) is 29.8 Å². The van der Waals surface area contributed by atoms with Crippen LogP contribution in [0.1, 0.15) is 39.7 Å². The molecule has 3 heteroatoms. The summed E-state index contributed by atoms with van der Waals surface area (Å²) in [5.74, 6) is 0.219. The Bertz CT molecular complexity index is 429. The molecule has 0 aliphatic heterocycles. The number of benzene rings is 1. The Kier molecular flexibility index (Phi) is 5.40. The van der Waals surface area contributed by atoms with Crippen LogP contribution in [0.5, 0.6) is 0 Å². The summed E-state index contributed by atoms with van der Waals surface area (Å²) in [4.78, 5) is 12.2. The number of aryl methyl sites for hydroxylation is 1. The maximum Gasteiger partial charge on any atom is 0.331 e. The molecule has 1 N–H and O–H groups in total. The van der Waals surface area contributed by atoms with Crippen LogP contribution in [0.4, 0.5) is 5.69 Å². The average Bonchev–Trinajstić information content (AvgIpc) is 2.27. The van der Waals surface area contributed by atoms with Crippen molar-refractivity contribution in [2.24, 2.45) is 5.92 Å². The number of esters is 1. The van der Waals surface area contributed by atoms with Crippen LogP contribution < -0.4 is 5.32 Å². The van der Waals surface area contributed by atoms with E-state index in [-0.39, 0.29) is 5.97 Å². The van der Waals surface area contributed by atoms with Gasteiger partial charge in [0.25, 0.3) is 0 Å². The fourth-order valence-corrected chi connectivity index (χ4v) is 2.33. The lowest BCUT2D eigenvalue weighted by molar-refractivity contribution is -0.148. The van der Waals surface area contributed by atoms with E-state index in [1.165, 1.54) is 5.56 Å². The summed E-state index contributed by atoms with van der Waals surface area (Å²) >= 11 is 0. The molecule has 1 rings (SSSR count). The Labute approximate surface area is 116 Å². The van der Waals surface area contributed by atoms with Crippen LogP contribution >= 0.6 is 0 Å². The molecule has 0 saturated heterocycles. The second-order valence-corrected chi connectivity index (χ2v) is 5.65. The molecule has 0 spiro atoms. The number of nitrogens with one attached hydrogen (secondary N) is 1. The monoisotopic (exact) mass is 263 g/mol. The highest BCUT2D eigenvalue weighted by molar-refractivity contribution is 5.84. The second kappa shape index (κ2) is 6.60. The number of hydrogen-bond acceptors (Lipinski definition) is 3. The molecule has 3 nitrogen and oxygen atoms in total. The molecule has 0 aromatic heterocycles. The van der Waals surface area contributed by atoms with Crippen molar-refractivity contribution in [3.63, 3.8) is 0 Å². The molecule has 1 atom stereocenters. The highest BCUT2D eigenvalue weighted by atomic mass is 16.5. The molecule has 1 unspecified atom stereocenters. The Hall–Kier alpha value is -1.51. The van der Waals surface area contributed by atoms with Crippen LogP contribution in [0.15, 0.2) is 24.3 Å². The average molecular weight is 263 g/mol. The lowest BCUT2D eigenvalue weighted by Gasteiger charge is -2.31. The Morgan fingerprint density at radius 3 is 2.63 bits per heavy atom. The highest BCUT2D eigenvalue weighted by Crippen LogP contribution is 2.24. The molecular formula is C16H25NO2. The third kappa shape index (κ3) is 4.58. The van der Waals surface area contributed by atoms with Crippen LogP contribution in [0, 0.1) is 12.8 Å². The predicted octanol–water partition coefficient (Wildman–Crippen LogP) is 3.77. The number of hydrogen-bond donors (Lipinski definition) is 1. The second-order valence-electron chi connectivity index (χ2n) is 5.65. The number of anilines is 1. The molecule has 0 fully saturated rings. The minimum atomic E-state index is -0.683. The first-order chi connectivity index (χ1) is 8.87. The van der Waals surface area contributed by atoms with Crippen molar-refractivity contribution < 1.29 is 9.53 Å². The van der Waals surface area contributed by atoms with Crippen LogP contribution in [0.25, 0.3) is 0 Å². The summed E-state index contributed by atoms with van der Waals surface area (Å²) in [6, 6.07) is 8.04. The molecule has 0 saturated carbocycles. The first-order valence-electron chi connectivity index (χ1n) is 6.89. The number of ether oxygens (including phenoxy) is 1. The van der Waals surface area contributed by atoms with Gasteiger partial charge in [-0.15, -0.1) is 0 Å². The Morgan fingerprint density at radius 2 is 2.11 bits per heavy atom. The van der Waals surface area contributed by atoms with Gasteiger partial charge in [0.1, 0.15) is 5.54 Å². The summed E-state index contributed by atoms with van der Waals surface area (Å²) < 4.78 is 5.21. The van der Waals surface area contributed by atoms with Gasteiger partial charge in [0, 0.05) is 5.69 Å². The van der Waals surface area contributed by atoms with Crippen molar-refractivity contribution in [3.8, 4) is 0 Å². The molecule has 0 radical (unpaired) electrons. The Morgan fingerprint density at radius 1 is 1.42 bits per heavy atom. The van der Waals surface area contributed by atoms with Gasteiger partial charge in [0.15, 0.2) is 0 Å². The van der Waals surface area contributed by atoms with Crippen LogP contribution in [-0.4, -0.2) is 18.1 Å². The summed E-state index contributed by atoms with van der Waals surface area (Å²) in [6.07, 6.45) is 0.736. The zero-order valence-corrected chi connectivity index (χ0v) is 12.6. The minimum absolute atomic E-state index is 0.190. The quantitative estimate of drug-likeness (QED) is 0.794. The van der Waals surface area contributed by atoms with Gasteiger partial charge in [-0.2, -0.15) is 0 Å². The summed E-state index contributed by atoms with van der Waals surface area (Å²) in [5.41, 5.74) is 1.44. The Balaban J connectivity index is 2.93. The van der Waals surface area contributed by atoms with Crippen molar-refractivity contribution in [2.45, 2.75) is 46.6 Å². The predicted molar refractivity (Wildman–Crippen MR) is 79.3 cm³/mol. The van der Waals surface area contributed by atoms with Crippen molar-refractivity contribution in [2.75, 3.05) is 11.9 Å². The number of rotatable bonds is 6. The van der Waals surface area contributed by atoms with E-state index in [1.807, 2.05) is 45.0 Å². The third-order valence-electron chi connectivity index (χ3n) is 2.98. The van der Waals surface area contributed by atoms with Crippen molar-refractivity contribution in [1.82, 2.24) is 0 Å². The molecule has 106 valence electrons. The first-order valence-corrected chi connectivity index (χ1v) is 6.89. The summed E-state index contributed by atoms with van der Waals surface area (Å²) in [7, 11) is 0. The van der Waals surface area contributed by atoms with E-state index in [0.29, 0.717) is 12.5 Å². The van der Waals surface area contributed by atoms with E-state index in [0.717, 1.165) is 12.1 Å². The van der Waals surface area contributed by atoms with Crippen LogP contribution in [-0.2, 0) is 9.53 Å². The van der Waals surface area contributed by atoms with E-state index < -0.39 is 5.54 Å². The molecule has 0 amide bonds. The third-order valence-corrected chi connectivity index (χ3v) is 2.98. The molecule has 0 heterocycles. The standard InChI is InChI=1S/C16H25NO2/c1-6-19-15(18)16(5,11-12(2)3)17-14-9-7-8-13(4)10-14/h7-10,12,17H,6,11H2,1-5H3.